The quantitative estimate of drug-likeness (QED) is 0.835. The van der Waals surface area contributed by atoms with Gasteiger partial charge in [-0.15, -0.1) is 0 Å². The summed E-state index contributed by atoms with van der Waals surface area (Å²) in [6.45, 7) is 11.9. The van der Waals surface area contributed by atoms with Gasteiger partial charge in [0.1, 0.15) is 0 Å². The van der Waals surface area contributed by atoms with Crippen LogP contribution in [0, 0.1) is 11.8 Å². The number of hydrogen-bond donors (Lipinski definition) is 1. The van der Waals surface area contributed by atoms with E-state index in [4.69, 9.17) is 0 Å². The molecule has 1 heterocycles. The van der Waals surface area contributed by atoms with Gasteiger partial charge < -0.3 is 5.32 Å². The predicted molar refractivity (Wildman–Crippen MR) is 83.5 cm³/mol. The number of piperazine rings is 1. The van der Waals surface area contributed by atoms with Gasteiger partial charge in [-0.25, -0.2) is 0 Å². The summed E-state index contributed by atoms with van der Waals surface area (Å²) in [5.41, 5.74) is 0. The average molecular weight is 266 g/mol. The molecule has 0 aromatic rings. The molecule has 0 spiro atoms. The Hall–Kier alpha value is -0.0800. The molecule has 2 nitrogen and oxygen atoms in total. The highest BCUT2D eigenvalue weighted by molar-refractivity contribution is 4.91. The van der Waals surface area contributed by atoms with E-state index in [0.717, 1.165) is 23.9 Å². The molecule has 2 fully saturated rings. The van der Waals surface area contributed by atoms with Crippen LogP contribution in [0.25, 0.3) is 0 Å². The predicted octanol–water partition coefficient (Wildman–Crippen LogP) is 3.66. The first kappa shape index (κ1) is 15.3. The molecule has 1 saturated heterocycles. The van der Waals surface area contributed by atoms with Crippen LogP contribution >= 0.6 is 0 Å². The fraction of sp³-hybridized carbons (Fsp3) is 1.00. The van der Waals surface area contributed by atoms with Crippen LogP contribution in [0.3, 0.4) is 0 Å². The molecule has 112 valence electrons. The topological polar surface area (TPSA) is 15.3 Å². The zero-order valence-corrected chi connectivity index (χ0v) is 13.5. The summed E-state index contributed by atoms with van der Waals surface area (Å²) >= 11 is 0. The van der Waals surface area contributed by atoms with Gasteiger partial charge in [0.05, 0.1) is 0 Å². The molecule has 0 bridgehead atoms. The SMILES string of the molecule is CCC1CCC(N2CC(C(C)CC)NCC2C)CC1. The Kier molecular flexibility index (Phi) is 5.70. The molecule has 0 radical (unpaired) electrons. The van der Waals surface area contributed by atoms with Crippen molar-refractivity contribution in [1.29, 1.82) is 0 Å². The normalized spacial score (nSPS) is 39.2. The molecule has 0 aromatic heterocycles. The molecule has 0 amide bonds. The fourth-order valence-corrected chi connectivity index (χ4v) is 3.97. The van der Waals surface area contributed by atoms with Crippen LogP contribution in [0.5, 0.6) is 0 Å². The van der Waals surface area contributed by atoms with Gasteiger partial charge in [0, 0.05) is 31.2 Å². The maximum Gasteiger partial charge on any atom is 0.0221 e. The van der Waals surface area contributed by atoms with Gasteiger partial charge in [-0.3, -0.25) is 4.90 Å². The molecule has 19 heavy (non-hydrogen) atoms. The van der Waals surface area contributed by atoms with Crippen molar-refractivity contribution in [2.75, 3.05) is 13.1 Å². The third-order valence-corrected chi connectivity index (χ3v) is 5.84. The molecule has 1 saturated carbocycles. The molecule has 0 aromatic carbocycles. The Morgan fingerprint density at radius 1 is 1.16 bits per heavy atom. The van der Waals surface area contributed by atoms with Crippen molar-refractivity contribution in [2.45, 2.75) is 84.3 Å². The largest absolute Gasteiger partial charge is 0.311 e. The summed E-state index contributed by atoms with van der Waals surface area (Å²) in [7, 11) is 0. The van der Waals surface area contributed by atoms with Gasteiger partial charge in [-0.2, -0.15) is 0 Å². The third-order valence-electron chi connectivity index (χ3n) is 5.84. The Balaban J connectivity index is 1.90. The minimum absolute atomic E-state index is 0.713. The Bertz CT molecular complexity index is 258. The van der Waals surface area contributed by atoms with Crippen molar-refractivity contribution in [3.63, 3.8) is 0 Å². The molecule has 3 atom stereocenters. The first-order valence-electron chi connectivity index (χ1n) is 8.64. The molecular formula is C17H34N2. The highest BCUT2D eigenvalue weighted by Gasteiger charge is 2.33. The van der Waals surface area contributed by atoms with Crippen molar-refractivity contribution >= 4 is 0 Å². The second-order valence-electron chi connectivity index (χ2n) is 7.03. The van der Waals surface area contributed by atoms with Crippen LogP contribution in [0.2, 0.25) is 0 Å². The summed E-state index contributed by atoms with van der Waals surface area (Å²) in [4.78, 5) is 2.83. The lowest BCUT2D eigenvalue weighted by Crippen LogP contribution is -2.60. The van der Waals surface area contributed by atoms with Crippen LogP contribution in [0.4, 0.5) is 0 Å². The van der Waals surface area contributed by atoms with Gasteiger partial charge in [0.25, 0.3) is 0 Å². The Morgan fingerprint density at radius 3 is 2.42 bits per heavy atom. The summed E-state index contributed by atoms with van der Waals surface area (Å²) < 4.78 is 0. The van der Waals surface area contributed by atoms with E-state index in [0.29, 0.717) is 6.04 Å². The lowest BCUT2D eigenvalue weighted by Gasteiger charge is -2.47. The van der Waals surface area contributed by atoms with Gasteiger partial charge in [0.15, 0.2) is 0 Å². The molecule has 3 unspecified atom stereocenters. The highest BCUT2D eigenvalue weighted by Crippen LogP contribution is 2.31. The fourth-order valence-electron chi connectivity index (χ4n) is 3.97. The number of rotatable bonds is 4. The lowest BCUT2D eigenvalue weighted by atomic mass is 9.82. The smallest absolute Gasteiger partial charge is 0.0221 e. The van der Waals surface area contributed by atoms with E-state index in [1.54, 1.807) is 0 Å². The van der Waals surface area contributed by atoms with Crippen molar-refractivity contribution < 1.29 is 0 Å². The number of nitrogens with one attached hydrogen (secondary N) is 1. The maximum absolute atomic E-state index is 3.77. The average Bonchev–Trinajstić information content (AvgIpc) is 2.47. The number of hydrogen-bond acceptors (Lipinski definition) is 2. The van der Waals surface area contributed by atoms with E-state index in [9.17, 15) is 0 Å². The van der Waals surface area contributed by atoms with Crippen LogP contribution in [0.1, 0.15) is 66.2 Å². The molecular weight excluding hydrogens is 232 g/mol. The van der Waals surface area contributed by atoms with E-state index in [1.807, 2.05) is 0 Å². The second kappa shape index (κ2) is 7.08. The van der Waals surface area contributed by atoms with Crippen molar-refractivity contribution in [2.24, 2.45) is 11.8 Å². The standard InChI is InChI=1S/C17H34N2/c1-5-13(3)17-12-19(14(4)11-18-17)16-9-7-15(6-2)8-10-16/h13-18H,5-12H2,1-4H3. The van der Waals surface area contributed by atoms with E-state index < -0.39 is 0 Å². The summed E-state index contributed by atoms with van der Waals surface area (Å²) in [5.74, 6) is 1.82. The monoisotopic (exact) mass is 266 g/mol. The summed E-state index contributed by atoms with van der Waals surface area (Å²) in [6, 6.07) is 2.31. The van der Waals surface area contributed by atoms with Crippen molar-refractivity contribution in [1.82, 2.24) is 10.2 Å². The second-order valence-corrected chi connectivity index (χ2v) is 7.03. The van der Waals surface area contributed by atoms with Gasteiger partial charge >= 0.3 is 0 Å². The maximum atomic E-state index is 3.77. The summed E-state index contributed by atoms with van der Waals surface area (Å²) in [5, 5.41) is 3.77. The Morgan fingerprint density at radius 2 is 1.84 bits per heavy atom. The lowest BCUT2D eigenvalue weighted by molar-refractivity contribution is 0.0488. The summed E-state index contributed by atoms with van der Waals surface area (Å²) in [6.07, 6.45) is 8.49. The van der Waals surface area contributed by atoms with Gasteiger partial charge in [-0.05, 0) is 44.4 Å². The van der Waals surface area contributed by atoms with Gasteiger partial charge in [0.2, 0.25) is 0 Å². The van der Waals surface area contributed by atoms with Gasteiger partial charge in [-0.1, -0.05) is 33.6 Å². The van der Waals surface area contributed by atoms with E-state index >= 15 is 0 Å². The first-order chi connectivity index (χ1) is 9.15. The Labute approximate surface area is 120 Å². The molecule has 1 aliphatic heterocycles. The third kappa shape index (κ3) is 3.72. The zero-order chi connectivity index (χ0) is 13.8. The first-order valence-corrected chi connectivity index (χ1v) is 8.64. The van der Waals surface area contributed by atoms with Crippen LogP contribution in [0.15, 0.2) is 0 Å². The molecule has 2 rings (SSSR count). The van der Waals surface area contributed by atoms with Crippen molar-refractivity contribution in [3.05, 3.63) is 0 Å². The minimum Gasteiger partial charge on any atom is -0.311 e. The highest BCUT2D eigenvalue weighted by atomic mass is 15.3. The van der Waals surface area contributed by atoms with E-state index in [1.165, 1.54) is 51.6 Å². The number of nitrogens with zero attached hydrogens (tertiary/aromatic N) is 1. The zero-order valence-electron chi connectivity index (χ0n) is 13.5. The van der Waals surface area contributed by atoms with E-state index in [2.05, 4.69) is 37.9 Å². The van der Waals surface area contributed by atoms with Crippen LogP contribution < -0.4 is 5.32 Å². The minimum atomic E-state index is 0.713. The van der Waals surface area contributed by atoms with Crippen LogP contribution in [-0.4, -0.2) is 36.1 Å². The van der Waals surface area contributed by atoms with Crippen molar-refractivity contribution in [3.8, 4) is 0 Å². The molecule has 1 aliphatic carbocycles. The molecule has 1 N–H and O–H groups in total. The molecule has 2 aliphatic rings. The molecule has 2 heteroatoms. The van der Waals surface area contributed by atoms with E-state index in [-0.39, 0.29) is 0 Å². The van der Waals surface area contributed by atoms with Crippen LogP contribution in [-0.2, 0) is 0 Å².